The first-order chi connectivity index (χ1) is 10.8. The maximum Gasteiger partial charge on any atom is 0.407 e. The summed E-state index contributed by atoms with van der Waals surface area (Å²) in [5.74, 6) is 1.00. The number of alkyl carbamates (subject to hydrolysis) is 1. The maximum absolute atomic E-state index is 12.1. The zero-order valence-corrected chi connectivity index (χ0v) is 14.6. The Morgan fingerprint density at radius 1 is 1.48 bits per heavy atom. The second-order valence-electron chi connectivity index (χ2n) is 7.29. The van der Waals surface area contributed by atoms with Crippen LogP contribution in [0.2, 0.25) is 0 Å². The summed E-state index contributed by atoms with van der Waals surface area (Å²) in [7, 11) is 0. The average Bonchev–Trinajstić information content (AvgIpc) is 2.87. The molecule has 6 nitrogen and oxygen atoms in total. The van der Waals surface area contributed by atoms with Gasteiger partial charge in [0.25, 0.3) is 0 Å². The number of hydrogen-bond donors (Lipinski definition) is 2. The van der Waals surface area contributed by atoms with Gasteiger partial charge in [0.1, 0.15) is 11.4 Å². The van der Waals surface area contributed by atoms with E-state index in [0.29, 0.717) is 12.8 Å². The Balaban J connectivity index is 2.13. The van der Waals surface area contributed by atoms with Crippen molar-refractivity contribution in [3.63, 3.8) is 0 Å². The van der Waals surface area contributed by atoms with E-state index in [-0.39, 0.29) is 18.2 Å². The van der Waals surface area contributed by atoms with Gasteiger partial charge in [0.15, 0.2) is 0 Å². The third-order valence-corrected chi connectivity index (χ3v) is 4.07. The van der Waals surface area contributed by atoms with Crippen LogP contribution in [0.5, 0.6) is 0 Å². The molecular formula is C17H29N3O3. The summed E-state index contributed by atoms with van der Waals surface area (Å²) in [5.41, 5.74) is -0.518. The molecule has 1 aromatic rings. The van der Waals surface area contributed by atoms with Crippen LogP contribution in [0, 0.1) is 0 Å². The van der Waals surface area contributed by atoms with Crippen molar-refractivity contribution in [1.29, 1.82) is 0 Å². The van der Waals surface area contributed by atoms with E-state index >= 15 is 0 Å². The van der Waals surface area contributed by atoms with Gasteiger partial charge in [0, 0.05) is 18.8 Å². The third-order valence-electron chi connectivity index (χ3n) is 4.07. The van der Waals surface area contributed by atoms with Gasteiger partial charge in [-0.3, -0.25) is 0 Å². The zero-order valence-electron chi connectivity index (χ0n) is 14.6. The van der Waals surface area contributed by atoms with Crippen LogP contribution < -0.4 is 5.32 Å². The fraction of sp³-hybridized carbons (Fsp3) is 0.765. The number of carbonyl (C=O) groups is 1. The zero-order chi connectivity index (χ0) is 17.0. The van der Waals surface area contributed by atoms with Gasteiger partial charge < -0.3 is 19.7 Å². The molecule has 0 spiro atoms. The summed E-state index contributed by atoms with van der Waals surface area (Å²) < 4.78 is 7.48. The summed E-state index contributed by atoms with van der Waals surface area (Å²) in [4.78, 5) is 16.5. The molecule has 0 aliphatic heterocycles. The molecule has 1 aliphatic rings. The summed E-state index contributed by atoms with van der Waals surface area (Å²) in [6.07, 6.45) is 6.93. The van der Waals surface area contributed by atoms with E-state index in [0.717, 1.165) is 25.1 Å². The first-order valence-electron chi connectivity index (χ1n) is 8.49. The van der Waals surface area contributed by atoms with E-state index < -0.39 is 11.7 Å². The van der Waals surface area contributed by atoms with Gasteiger partial charge >= 0.3 is 6.09 Å². The van der Waals surface area contributed by atoms with E-state index in [1.807, 2.05) is 27.0 Å². The molecule has 1 saturated carbocycles. The van der Waals surface area contributed by atoms with Crippen molar-refractivity contribution in [3.8, 4) is 0 Å². The molecule has 0 aromatic carbocycles. The predicted molar refractivity (Wildman–Crippen MR) is 88.3 cm³/mol. The monoisotopic (exact) mass is 323 g/mol. The highest BCUT2D eigenvalue weighted by Gasteiger charge is 2.33. The Morgan fingerprint density at radius 3 is 2.87 bits per heavy atom. The van der Waals surface area contributed by atoms with Crippen molar-refractivity contribution in [2.75, 3.05) is 0 Å². The molecule has 1 amide bonds. The molecule has 1 aromatic heterocycles. The number of aromatic nitrogens is 2. The van der Waals surface area contributed by atoms with E-state index in [9.17, 15) is 9.90 Å². The van der Waals surface area contributed by atoms with Gasteiger partial charge in [-0.25, -0.2) is 9.78 Å². The Hall–Kier alpha value is -1.56. The van der Waals surface area contributed by atoms with Gasteiger partial charge in [-0.15, -0.1) is 0 Å². The quantitative estimate of drug-likeness (QED) is 0.893. The van der Waals surface area contributed by atoms with E-state index in [1.165, 1.54) is 0 Å². The van der Waals surface area contributed by atoms with Crippen molar-refractivity contribution in [3.05, 3.63) is 18.2 Å². The lowest BCUT2D eigenvalue weighted by atomic mass is 9.88. The first kappa shape index (κ1) is 17.8. The lowest BCUT2D eigenvalue weighted by molar-refractivity contribution is 0.0395. The molecule has 1 aliphatic carbocycles. The minimum Gasteiger partial charge on any atom is -0.444 e. The number of aliphatic hydroxyl groups excluding tert-OH is 1. The summed E-state index contributed by atoms with van der Waals surface area (Å²) in [6.45, 7) is 7.67. The van der Waals surface area contributed by atoms with Gasteiger partial charge in [-0.05, 0) is 46.5 Å². The molecule has 2 N–H and O–H groups in total. The second-order valence-corrected chi connectivity index (χ2v) is 7.29. The number of carbonyl (C=O) groups excluding carboxylic acids is 1. The highest BCUT2D eigenvalue weighted by molar-refractivity contribution is 5.68. The normalized spacial score (nSPS) is 25.2. The van der Waals surface area contributed by atoms with Gasteiger partial charge in [0.05, 0.1) is 18.2 Å². The molecule has 23 heavy (non-hydrogen) atoms. The van der Waals surface area contributed by atoms with Crippen LogP contribution in [0.25, 0.3) is 0 Å². The number of ether oxygens (including phenoxy) is 1. The highest BCUT2D eigenvalue weighted by atomic mass is 16.6. The summed E-state index contributed by atoms with van der Waals surface area (Å²) >= 11 is 0. The smallest absolute Gasteiger partial charge is 0.407 e. The number of hydrogen-bond acceptors (Lipinski definition) is 4. The van der Waals surface area contributed by atoms with Crippen molar-refractivity contribution in [2.45, 2.75) is 83.6 Å². The van der Waals surface area contributed by atoms with E-state index in [4.69, 9.17) is 4.74 Å². The summed E-state index contributed by atoms with van der Waals surface area (Å²) in [6, 6.07) is -0.0478. The predicted octanol–water partition coefficient (Wildman–Crippen LogP) is 2.81. The van der Waals surface area contributed by atoms with Crippen molar-refractivity contribution in [2.24, 2.45) is 0 Å². The van der Waals surface area contributed by atoms with Crippen LogP contribution in [-0.2, 0) is 11.2 Å². The number of nitrogens with zero attached hydrogens (tertiary/aromatic N) is 2. The van der Waals surface area contributed by atoms with Crippen LogP contribution >= 0.6 is 0 Å². The molecule has 1 heterocycles. The molecule has 1 fully saturated rings. The Morgan fingerprint density at radius 2 is 2.22 bits per heavy atom. The largest absolute Gasteiger partial charge is 0.444 e. The lowest BCUT2D eigenvalue weighted by Crippen LogP contribution is -2.47. The van der Waals surface area contributed by atoms with Crippen LogP contribution in [0.1, 0.15) is 65.2 Å². The number of imidazole rings is 1. The van der Waals surface area contributed by atoms with Crippen LogP contribution in [0.3, 0.4) is 0 Å². The minimum absolute atomic E-state index is 0.00955. The molecule has 2 rings (SSSR count). The molecular weight excluding hydrogens is 294 g/mol. The Bertz CT molecular complexity index is 521. The fourth-order valence-corrected chi connectivity index (χ4v) is 3.12. The van der Waals surface area contributed by atoms with Gasteiger partial charge in [0.2, 0.25) is 0 Å². The first-order valence-corrected chi connectivity index (χ1v) is 8.49. The second kappa shape index (κ2) is 7.34. The SMILES string of the molecule is CCCc1nccn1C1CC(O)CCC1NC(=O)OC(C)(C)C. The number of aliphatic hydroxyl groups is 1. The molecule has 6 heteroatoms. The van der Waals surface area contributed by atoms with Gasteiger partial charge in [-0.2, -0.15) is 0 Å². The molecule has 3 atom stereocenters. The molecule has 0 bridgehead atoms. The average molecular weight is 323 g/mol. The number of aryl methyl sites for hydroxylation is 1. The van der Waals surface area contributed by atoms with Crippen molar-refractivity contribution in [1.82, 2.24) is 14.9 Å². The number of rotatable bonds is 4. The summed E-state index contributed by atoms with van der Waals surface area (Å²) in [5, 5.41) is 13.0. The van der Waals surface area contributed by atoms with Crippen molar-refractivity contribution < 1.29 is 14.6 Å². The topological polar surface area (TPSA) is 76.4 Å². The van der Waals surface area contributed by atoms with Crippen LogP contribution in [0.4, 0.5) is 4.79 Å². The van der Waals surface area contributed by atoms with Crippen LogP contribution in [0.15, 0.2) is 12.4 Å². The highest BCUT2D eigenvalue weighted by Crippen LogP contribution is 2.30. The molecule has 3 unspecified atom stereocenters. The fourth-order valence-electron chi connectivity index (χ4n) is 3.12. The number of nitrogens with one attached hydrogen (secondary N) is 1. The van der Waals surface area contributed by atoms with Crippen LogP contribution in [-0.4, -0.2) is 38.5 Å². The maximum atomic E-state index is 12.1. The molecule has 130 valence electrons. The van der Waals surface area contributed by atoms with E-state index in [2.05, 4.69) is 21.8 Å². The molecule has 0 saturated heterocycles. The van der Waals surface area contributed by atoms with Crippen molar-refractivity contribution >= 4 is 6.09 Å². The van der Waals surface area contributed by atoms with Gasteiger partial charge in [-0.1, -0.05) is 6.92 Å². The molecule has 0 radical (unpaired) electrons. The lowest BCUT2D eigenvalue weighted by Gasteiger charge is -2.36. The minimum atomic E-state index is -0.518. The van der Waals surface area contributed by atoms with E-state index in [1.54, 1.807) is 6.20 Å². The Labute approximate surface area is 138 Å². The standard InChI is InChI=1S/C17H29N3O3/c1-5-6-15-18-9-10-20(15)14-11-12(21)7-8-13(14)19-16(22)23-17(2,3)4/h9-10,12-14,21H,5-8,11H2,1-4H3,(H,19,22). The number of amides is 1. The third kappa shape index (κ3) is 4.96. The Kier molecular flexibility index (Phi) is 5.68.